The van der Waals surface area contributed by atoms with Gasteiger partial charge in [-0.1, -0.05) is 19.3 Å². The van der Waals surface area contributed by atoms with E-state index in [1.165, 1.54) is 30.6 Å². The van der Waals surface area contributed by atoms with Gasteiger partial charge in [0.15, 0.2) is 0 Å². The summed E-state index contributed by atoms with van der Waals surface area (Å²) < 4.78 is 0. The van der Waals surface area contributed by atoms with Crippen molar-refractivity contribution in [2.45, 2.75) is 52.0 Å². The van der Waals surface area contributed by atoms with Crippen molar-refractivity contribution in [2.24, 2.45) is 0 Å². The van der Waals surface area contributed by atoms with Gasteiger partial charge in [0.2, 0.25) is 0 Å². The van der Waals surface area contributed by atoms with Crippen LogP contribution in [0.15, 0.2) is 0 Å². The number of anilines is 1. The second-order valence-corrected chi connectivity index (χ2v) is 6.26. The summed E-state index contributed by atoms with van der Waals surface area (Å²) in [6.07, 6.45) is 5.75. The molecule has 4 nitrogen and oxygen atoms in total. The number of aryl methyl sites for hydroxylation is 1. The highest BCUT2D eigenvalue weighted by Crippen LogP contribution is 2.31. The van der Waals surface area contributed by atoms with E-state index in [1.54, 1.807) is 0 Å². The average Bonchev–Trinajstić information content (AvgIpc) is 2.65. The normalized spacial score (nSPS) is 15.8. The Morgan fingerprint density at radius 1 is 1.32 bits per heavy atom. The lowest BCUT2D eigenvalue weighted by molar-refractivity contribution is 0.244. The quantitative estimate of drug-likeness (QED) is 0.865. The minimum absolute atomic E-state index is 0.190. The van der Waals surface area contributed by atoms with Gasteiger partial charge in [-0.05, 0) is 32.3 Å². The lowest BCUT2D eigenvalue weighted by Crippen LogP contribution is -2.38. The van der Waals surface area contributed by atoms with Crippen molar-refractivity contribution in [1.82, 2.24) is 5.32 Å². The molecule has 0 aliphatic heterocycles. The predicted molar refractivity (Wildman–Crippen MR) is 77.5 cm³/mol. The van der Waals surface area contributed by atoms with Crippen molar-refractivity contribution in [3.63, 3.8) is 0 Å². The van der Waals surface area contributed by atoms with E-state index in [9.17, 15) is 4.79 Å². The summed E-state index contributed by atoms with van der Waals surface area (Å²) in [6.45, 7) is 3.87. The fourth-order valence-electron chi connectivity index (χ4n) is 2.42. The fraction of sp³-hybridized carbons (Fsp3) is 0.571. The summed E-state index contributed by atoms with van der Waals surface area (Å²) in [5.41, 5.74) is 1.54. The topological polar surface area (TPSA) is 64.9 Å². The van der Waals surface area contributed by atoms with Crippen LogP contribution in [0, 0.1) is 25.2 Å². The molecule has 5 heteroatoms. The van der Waals surface area contributed by atoms with E-state index in [4.69, 9.17) is 5.26 Å². The first-order valence-corrected chi connectivity index (χ1v) is 7.51. The monoisotopic (exact) mass is 277 g/mol. The van der Waals surface area contributed by atoms with Gasteiger partial charge in [0.05, 0.1) is 5.56 Å². The molecule has 0 spiro atoms. The SMILES string of the molecule is Cc1sc(NC(=O)NC2CCCCC2)c(C#N)c1C. The van der Waals surface area contributed by atoms with Gasteiger partial charge < -0.3 is 5.32 Å². The number of nitrogens with one attached hydrogen (secondary N) is 2. The first kappa shape index (κ1) is 13.9. The second-order valence-electron chi connectivity index (χ2n) is 5.03. The van der Waals surface area contributed by atoms with Gasteiger partial charge in [0, 0.05) is 10.9 Å². The molecule has 1 aliphatic carbocycles. The molecule has 0 bridgehead atoms. The van der Waals surface area contributed by atoms with Gasteiger partial charge in [-0.15, -0.1) is 11.3 Å². The molecule has 0 radical (unpaired) electrons. The molecular weight excluding hydrogens is 258 g/mol. The Bertz CT molecular complexity index is 509. The van der Waals surface area contributed by atoms with Crippen LogP contribution in [0.3, 0.4) is 0 Å². The standard InChI is InChI=1S/C14H19N3OS/c1-9-10(2)19-13(12(9)8-15)17-14(18)16-11-6-4-3-5-7-11/h11H,3-7H2,1-2H3,(H2,16,17,18). The van der Waals surface area contributed by atoms with Gasteiger partial charge in [-0.2, -0.15) is 5.26 Å². The third-order valence-electron chi connectivity index (χ3n) is 3.66. The summed E-state index contributed by atoms with van der Waals surface area (Å²) in [4.78, 5) is 13.0. The average molecular weight is 277 g/mol. The summed E-state index contributed by atoms with van der Waals surface area (Å²) in [5.74, 6) is 0. The Morgan fingerprint density at radius 3 is 2.63 bits per heavy atom. The van der Waals surface area contributed by atoms with Crippen LogP contribution in [0.25, 0.3) is 0 Å². The zero-order chi connectivity index (χ0) is 13.8. The molecule has 2 amide bonds. The molecule has 2 N–H and O–H groups in total. The van der Waals surface area contributed by atoms with Gasteiger partial charge >= 0.3 is 6.03 Å². The van der Waals surface area contributed by atoms with Crippen molar-refractivity contribution < 1.29 is 4.79 Å². The molecule has 1 aromatic rings. The molecule has 1 heterocycles. The van der Waals surface area contributed by atoms with E-state index in [2.05, 4.69) is 16.7 Å². The van der Waals surface area contributed by atoms with Crippen LogP contribution in [-0.4, -0.2) is 12.1 Å². The number of urea groups is 1. The summed E-state index contributed by atoms with van der Waals surface area (Å²) in [7, 11) is 0. The first-order chi connectivity index (χ1) is 9.11. The van der Waals surface area contributed by atoms with E-state index in [-0.39, 0.29) is 12.1 Å². The maximum absolute atomic E-state index is 11.9. The van der Waals surface area contributed by atoms with Crippen molar-refractivity contribution in [3.05, 3.63) is 16.0 Å². The van der Waals surface area contributed by atoms with Crippen LogP contribution in [-0.2, 0) is 0 Å². The van der Waals surface area contributed by atoms with E-state index in [1.807, 2.05) is 13.8 Å². The highest BCUT2D eigenvalue weighted by atomic mass is 32.1. The Kier molecular flexibility index (Phi) is 4.43. The summed E-state index contributed by atoms with van der Waals surface area (Å²) in [5, 5.41) is 15.6. The lowest BCUT2D eigenvalue weighted by atomic mass is 9.96. The smallest absolute Gasteiger partial charge is 0.320 e. The van der Waals surface area contributed by atoms with Crippen molar-refractivity contribution in [3.8, 4) is 6.07 Å². The molecule has 2 rings (SSSR count). The third-order valence-corrected chi connectivity index (χ3v) is 4.79. The predicted octanol–water partition coefficient (Wildman–Crippen LogP) is 3.69. The van der Waals surface area contributed by atoms with Crippen LogP contribution >= 0.6 is 11.3 Å². The molecule has 1 fully saturated rings. The maximum Gasteiger partial charge on any atom is 0.320 e. The number of nitriles is 1. The number of hydrogen-bond acceptors (Lipinski definition) is 3. The van der Waals surface area contributed by atoms with E-state index in [0.717, 1.165) is 23.3 Å². The van der Waals surface area contributed by atoms with Crippen LogP contribution in [0.5, 0.6) is 0 Å². The highest BCUT2D eigenvalue weighted by molar-refractivity contribution is 7.16. The largest absolute Gasteiger partial charge is 0.335 e. The number of amides is 2. The van der Waals surface area contributed by atoms with Gasteiger partial charge in [0.25, 0.3) is 0 Å². The minimum Gasteiger partial charge on any atom is -0.335 e. The molecule has 0 aromatic carbocycles. The van der Waals surface area contributed by atoms with Crippen LogP contribution in [0.2, 0.25) is 0 Å². The van der Waals surface area contributed by atoms with Gasteiger partial charge in [-0.3, -0.25) is 5.32 Å². The van der Waals surface area contributed by atoms with Crippen LogP contribution in [0.4, 0.5) is 9.80 Å². The number of nitrogens with zero attached hydrogens (tertiary/aromatic N) is 1. The zero-order valence-corrected chi connectivity index (χ0v) is 12.2. The molecule has 1 saturated carbocycles. The van der Waals surface area contributed by atoms with Crippen molar-refractivity contribution in [2.75, 3.05) is 5.32 Å². The van der Waals surface area contributed by atoms with Crippen molar-refractivity contribution >= 4 is 22.4 Å². The number of carbonyl (C=O) groups is 1. The Labute approximate surface area is 117 Å². The lowest BCUT2D eigenvalue weighted by Gasteiger charge is -2.22. The highest BCUT2D eigenvalue weighted by Gasteiger charge is 2.18. The zero-order valence-electron chi connectivity index (χ0n) is 11.4. The fourth-order valence-corrected chi connectivity index (χ4v) is 3.43. The van der Waals surface area contributed by atoms with E-state index < -0.39 is 0 Å². The Morgan fingerprint density at radius 2 is 2.00 bits per heavy atom. The van der Waals surface area contributed by atoms with Gasteiger partial charge in [-0.25, -0.2) is 4.79 Å². The van der Waals surface area contributed by atoms with Crippen LogP contribution < -0.4 is 10.6 Å². The molecule has 1 aromatic heterocycles. The minimum atomic E-state index is -0.190. The van der Waals surface area contributed by atoms with Gasteiger partial charge in [0.1, 0.15) is 11.1 Å². The van der Waals surface area contributed by atoms with E-state index in [0.29, 0.717) is 10.6 Å². The third kappa shape index (κ3) is 3.27. The Balaban J connectivity index is 1.99. The maximum atomic E-state index is 11.9. The molecule has 0 unspecified atom stereocenters. The molecule has 102 valence electrons. The molecule has 1 aliphatic rings. The number of carbonyl (C=O) groups excluding carboxylic acids is 1. The van der Waals surface area contributed by atoms with Crippen molar-refractivity contribution in [1.29, 1.82) is 5.26 Å². The molecule has 0 atom stereocenters. The number of hydrogen-bond donors (Lipinski definition) is 2. The molecular formula is C14H19N3OS. The summed E-state index contributed by atoms with van der Waals surface area (Å²) in [6, 6.07) is 2.25. The Hall–Kier alpha value is -1.54. The summed E-state index contributed by atoms with van der Waals surface area (Å²) >= 11 is 1.46. The number of rotatable bonds is 2. The second kappa shape index (κ2) is 6.07. The first-order valence-electron chi connectivity index (χ1n) is 6.69. The molecule has 19 heavy (non-hydrogen) atoms. The van der Waals surface area contributed by atoms with Crippen LogP contribution in [0.1, 0.15) is 48.1 Å². The molecule has 0 saturated heterocycles. The van der Waals surface area contributed by atoms with E-state index >= 15 is 0 Å². The number of thiophene rings is 1.